The van der Waals surface area contributed by atoms with E-state index in [9.17, 15) is 9.18 Å². The molecule has 0 amide bonds. The van der Waals surface area contributed by atoms with Gasteiger partial charge in [0, 0.05) is 5.41 Å². The van der Waals surface area contributed by atoms with E-state index >= 15 is 0 Å². The summed E-state index contributed by atoms with van der Waals surface area (Å²) in [6, 6.07) is 4.41. The average molecular weight is 311 g/mol. The fourth-order valence-corrected chi connectivity index (χ4v) is 4.34. The zero-order chi connectivity index (χ0) is 15.4. The van der Waals surface area contributed by atoms with Gasteiger partial charge in [0.05, 0.1) is 10.6 Å². The number of fused-ring (bicyclic) bond motifs is 2. The number of esters is 1. The van der Waals surface area contributed by atoms with E-state index in [-0.39, 0.29) is 27.5 Å². The van der Waals surface area contributed by atoms with Crippen LogP contribution < -0.4 is 0 Å². The summed E-state index contributed by atoms with van der Waals surface area (Å²) in [5.41, 5.74) is 0.0550. The molecule has 1 aromatic rings. The maximum Gasteiger partial charge on any atom is 0.341 e. The molecule has 2 aliphatic carbocycles. The Kier molecular flexibility index (Phi) is 3.32. The second kappa shape index (κ2) is 4.70. The summed E-state index contributed by atoms with van der Waals surface area (Å²) < 4.78 is 19.6. The van der Waals surface area contributed by atoms with Crippen LogP contribution in [0.15, 0.2) is 18.2 Å². The van der Waals surface area contributed by atoms with Crippen molar-refractivity contribution in [3.05, 3.63) is 34.6 Å². The zero-order valence-corrected chi connectivity index (χ0v) is 13.3. The number of benzene rings is 1. The molecule has 0 heterocycles. The van der Waals surface area contributed by atoms with Gasteiger partial charge in [-0.1, -0.05) is 38.4 Å². The smallest absolute Gasteiger partial charge is 0.341 e. The molecule has 2 fully saturated rings. The van der Waals surface area contributed by atoms with Crippen LogP contribution in [-0.4, -0.2) is 12.1 Å². The van der Waals surface area contributed by atoms with Gasteiger partial charge in [-0.15, -0.1) is 0 Å². The quantitative estimate of drug-likeness (QED) is 0.730. The third-order valence-electron chi connectivity index (χ3n) is 6.13. The normalized spacial score (nSPS) is 33.2. The van der Waals surface area contributed by atoms with Crippen LogP contribution in [-0.2, 0) is 4.74 Å². The van der Waals surface area contributed by atoms with Gasteiger partial charge in [-0.2, -0.15) is 0 Å². The average Bonchev–Trinajstić information content (AvgIpc) is 2.75. The molecule has 2 aliphatic rings. The summed E-state index contributed by atoms with van der Waals surface area (Å²) in [5.74, 6) is -0.731. The van der Waals surface area contributed by atoms with Gasteiger partial charge < -0.3 is 4.74 Å². The Morgan fingerprint density at radius 3 is 2.67 bits per heavy atom. The molecule has 0 aliphatic heterocycles. The number of carbonyl (C=O) groups excluding carboxylic acids is 1. The highest BCUT2D eigenvalue weighted by Crippen LogP contribution is 2.66. The fourth-order valence-electron chi connectivity index (χ4n) is 4.16. The number of halogens is 2. The van der Waals surface area contributed by atoms with E-state index in [0.717, 1.165) is 12.8 Å². The first kappa shape index (κ1) is 14.8. The molecule has 0 N–H and O–H groups in total. The molecule has 114 valence electrons. The Bertz CT molecular complexity index is 598. The largest absolute Gasteiger partial charge is 0.458 e. The molecule has 3 atom stereocenters. The molecule has 2 saturated carbocycles. The number of hydrogen-bond acceptors (Lipinski definition) is 2. The molecule has 0 saturated heterocycles. The van der Waals surface area contributed by atoms with E-state index in [0.29, 0.717) is 5.92 Å². The summed E-state index contributed by atoms with van der Waals surface area (Å²) >= 11 is 5.73. The number of ether oxygens (including phenoxy) is 1. The molecule has 21 heavy (non-hydrogen) atoms. The topological polar surface area (TPSA) is 26.3 Å². The minimum Gasteiger partial charge on any atom is -0.458 e. The highest BCUT2D eigenvalue weighted by Gasteiger charge is 2.62. The van der Waals surface area contributed by atoms with Crippen LogP contribution in [0.5, 0.6) is 0 Å². The minimum absolute atomic E-state index is 0.0254. The SMILES string of the molecule is CC1(C)C2CCC1(C)C(OC(=O)c1cccc(Cl)c1F)C2. The maximum atomic E-state index is 13.9. The number of carbonyl (C=O) groups is 1. The molecule has 1 aromatic carbocycles. The van der Waals surface area contributed by atoms with Gasteiger partial charge in [-0.25, -0.2) is 9.18 Å². The third kappa shape index (κ3) is 2.01. The fraction of sp³-hybridized carbons (Fsp3) is 0.588. The number of rotatable bonds is 2. The van der Waals surface area contributed by atoms with Gasteiger partial charge in [0.2, 0.25) is 0 Å². The van der Waals surface area contributed by atoms with Gasteiger partial charge in [0.15, 0.2) is 5.82 Å². The Labute approximate surface area is 129 Å². The molecule has 0 spiro atoms. The second-order valence-electron chi connectivity index (χ2n) is 7.11. The van der Waals surface area contributed by atoms with Crippen molar-refractivity contribution in [2.75, 3.05) is 0 Å². The van der Waals surface area contributed by atoms with Crippen molar-refractivity contribution in [3.63, 3.8) is 0 Å². The van der Waals surface area contributed by atoms with E-state index in [1.807, 2.05) is 0 Å². The van der Waals surface area contributed by atoms with Crippen molar-refractivity contribution >= 4 is 17.6 Å². The van der Waals surface area contributed by atoms with E-state index in [2.05, 4.69) is 20.8 Å². The van der Waals surface area contributed by atoms with Crippen molar-refractivity contribution in [1.82, 2.24) is 0 Å². The lowest BCUT2D eigenvalue weighted by molar-refractivity contribution is -0.0245. The second-order valence-corrected chi connectivity index (χ2v) is 7.51. The first-order chi connectivity index (χ1) is 9.77. The van der Waals surface area contributed by atoms with Crippen molar-refractivity contribution in [1.29, 1.82) is 0 Å². The lowest BCUT2D eigenvalue weighted by Gasteiger charge is -2.38. The summed E-state index contributed by atoms with van der Waals surface area (Å²) in [5, 5.41) is -0.0519. The summed E-state index contributed by atoms with van der Waals surface area (Å²) in [6.07, 6.45) is 2.97. The molecule has 3 unspecified atom stereocenters. The standard InChI is InChI=1S/C17H20ClFO2/c1-16(2)10-7-8-17(16,3)13(9-10)21-15(20)11-5-4-6-12(18)14(11)19/h4-6,10,13H,7-9H2,1-3H3. The lowest BCUT2D eigenvalue weighted by atomic mass is 9.70. The monoisotopic (exact) mass is 310 g/mol. The predicted molar refractivity (Wildman–Crippen MR) is 79.8 cm³/mol. The summed E-state index contributed by atoms with van der Waals surface area (Å²) in [4.78, 5) is 12.3. The maximum absolute atomic E-state index is 13.9. The van der Waals surface area contributed by atoms with Crippen LogP contribution in [0.4, 0.5) is 4.39 Å². The van der Waals surface area contributed by atoms with Crippen LogP contribution in [0.1, 0.15) is 50.4 Å². The minimum atomic E-state index is -0.697. The van der Waals surface area contributed by atoms with Crippen molar-refractivity contribution in [2.45, 2.75) is 46.1 Å². The molecule has 0 radical (unpaired) electrons. The molecule has 0 aromatic heterocycles. The number of hydrogen-bond donors (Lipinski definition) is 0. The molecule has 2 nitrogen and oxygen atoms in total. The van der Waals surface area contributed by atoms with E-state index < -0.39 is 11.8 Å². The van der Waals surface area contributed by atoms with Crippen molar-refractivity contribution in [3.8, 4) is 0 Å². The Balaban J connectivity index is 1.82. The molecule has 4 heteroatoms. The van der Waals surface area contributed by atoms with Crippen LogP contribution in [0.3, 0.4) is 0 Å². The first-order valence-corrected chi connectivity index (χ1v) is 7.80. The zero-order valence-electron chi connectivity index (χ0n) is 12.6. The van der Waals surface area contributed by atoms with Crippen LogP contribution in [0, 0.1) is 22.6 Å². The molecular formula is C17H20ClFO2. The van der Waals surface area contributed by atoms with Gasteiger partial charge in [0.1, 0.15) is 6.10 Å². The van der Waals surface area contributed by atoms with Crippen molar-refractivity contribution < 1.29 is 13.9 Å². The Hall–Kier alpha value is -1.09. The molecule has 2 bridgehead atoms. The van der Waals surface area contributed by atoms with Crippen LogP contribution in [0.2, 0.25) is 5.02 Å². The van der Waals surface area contributed by atoms with E-state index in [1.54, 1.807) is 6.07 Å². The highest BCUT2D eigenvalue weighted by molar-refractivity contribution is 6.31. The van der Waals surface area contributed by atoms with E-state index in [4.69, 9.17) is 16.3 Å². The highest BCUT2D eigenvalue weighted by atomic mass is 35.5. The van der Waals surface area contributed by atoms with Crippen molar-refractivity contribution in [2.24, 2.45) is 16.7 Å². The molecule has 3 rings (SSSR count). The van der Waals surface area contributed by atoms with E-state index in [1.165, 1.54) is 18.6 Å². The Morgan fingerprint density at radius 1 is 1.38 bits per heavy atom. The summed E-state index contributed by atoms with van der Waals surface area (Å²) in [6.45, 7) is 6.68. The predicted octanol–water partition coefficient (Wildman–Crippen LogP) is 4.85. The van der Waals surface area contributed by atoms with Gasteiger partial charge >= 0.3 is 5.97 Å². The summed E-state index contributed by atoms with van der Waals surface area (Å²) in [7, 11) is 0. The Morgan fingerprint density at radius 2 is 2.10 bits per heavy atom. The van der Waals surface area contributed by atoms with Crippen LogP contribution in [0.25, 0.3) is 0 Å². The van der Waals surface area contributed by atoms with Gasteiger partial charge in [-0.05, 0) is 42.7 Å². The first-order valence-electron chi connectivity index (χ1n) is 7.42. The van der Waals surface area contributed by atoms with Crippen LogP contribution >= 0.6 is 11.6 Å². The third-order valence-corrected chi connectivity index (χ3v) is 6.43. The lowest BCUT2D eigenvalue weighted by Crippen LogP contribution is -2.38. The van der Waals surface area contributed by atoms with Gasteiger partial charge in [-0.3, -0.25) is 0 Å². The molecular weight excluding hydrogens is 291 g/mol. The van der Waals surface area contributed by atoms with Gasteiger partial charge in [0.25, 0.3) is 0 Å².